The lowest BCUT2D eigenvalue weighted by Gasteiger charge is -2.27. The van der Waals surface area contributed by atoms with Gasteiger partial charge in [-0.25, -0.2) is 4.79 Å². The predicted octanol–water partition coefficient (Wildman–Crippen LogP) is 2.27. The van der Waals surface area contributed by atoms with Gasteiger partial charge in [0.25, 0.3) is 0 Å². The summed E-state index contributed by atoms with van der Waals surface area (Å²) < 4.78 is 5.21. The summed E-state index contributed by atoms with van der Waals surface area (Å²) in [6.45, 7) is 10.5. The van der Waals surface area contributed by atoms with E-state index in [2.05, 4.69) is 19.2 Å². The van der Waals surface area contributed by atoms with E-state index in [1.54, 1.807) is 0 Å². The molecule has 3 N–H and O–H groups in total. The molecule has 1 saturated carbocycles. The van der Waals surface area contributed by atoms with E-state index < -0.39 is 5.60 Å². The van der Waals surface area contributed by atoms with Crippen molar-refractivity contribution in [2.75, 3.05) is 6.54 Å². The molecule has 4 heteroatoms. The van der Waals surface area contributed by atoms with Crippen molar-refractivity contribution in [3.05, 3.63) is 0 Å². The van der Waals surface area contributed by atoms with Gasteiger partial charge in [-0.2, -0.15) is 0 Å². The van der Waals surface area contributed by atoms with Gasteiger partial charge < -0.3 is 15.8 Å². The van der Waals surface area contributed by atoms with E-state index in [4.69, 9.17) is 10.5 Å². The number of carbonyl (C=O) groups excluding carboxylic acids is 1. The van der Waals surface area contributed by atoms with Crippen molar-refractivity contribution in [2.24, 2.45) is 17.1 Å². The number of rotatable bonds is 4. The van der Waals surface area contributed by atoms with Gasteiger partial charge in [0.2, 0.25) is 0 Å². The summed E-state index contributed by atoms with van der Waals surface area (Å²) in [6.07, 6.45) is 1.85. The second-order valence-corrected chi connectivity index (χ2v) is 6.49. The van der Waals surface area contributed by atoms with E-state index in [1.807, 2.05) is 20.8 Å². The summed E-state index contributed by atoms with van der Waals surface area (Å²) in [4.78, 5) is 11.6. The van der Waals surface area contributed by atoms with Crippen LogP contribution in [0.3, 0.4) is 0 Å². The number of amides is 1. The molecule has 1 rings (SSSR count). The van der Waals surface area contributed by atoms with Gasteiger partial charge in [0.05, 0.1) is 0 Å². The van der Waals surface area contributed by atoms with Gasteiger partial charge in [0.15, 0.2) is 0 Å². The van der Waals surface area contributed by atoms with Gasteiger partial charge in [-0.1, -0.05) is 13.8 Å². The smallest absolute Gasteiger partial charge is 0.407 e. The summed E-state index contributed by atoms with van der Waals surface area (Å²) in [7, 11) is 0. The summed E-state index contributed by atoms with van der Waals surface area (Å²) in [6, 6.07) is 0.150. The minimum atomic E-state index is -0.443. The van der Waals surface area contributed by atoms with Crippen LogP contribution < -0.4 is 11.1 Å². The third-order valence-electron chi connectivity index (χ3n) is 3.30. The zero-order valence-corrected chi connectivity index (χ0v) is 11.7. The Bertz CT molecular complexity index is 278. The second kappa shape index (κ2) is 4.84. The first-order valence-corrected chi connectivity index (χ1v) is 6.39. The summed E-state index contributed by atoms with van der Waals surface area (Å²) in [5, 5.41) is 2.84. The molecule has 1 aliphatic rings. The van der Waals surface area contributed by atoms with Crippen LogP contribution in [0.5, 0.6) is 0 Å². The Labute approximate surface area is 104 Å². The zero-order chi connectivity index (χ0) is 13.3. The lowest BCUT2D eigenvalue weighted by Crippen LogP contribution is -2.44. The molecular formula is C13H26N2O2. The molecule has 0 radical (unpaired) electrons. The molecule has 0 spiro atoms. The minimum absolute atomic E-state index is 0.102. The van der Waals surface area contributed by atoms with Gasteiger partial charge in [0, 0.05) is 18.0 Å². The third kappa shape index (κ3) is 4.19. The quantitative estimate of drug-likeness (QED) is 0.795. The fraction of sp³-hybridized carbons (Fsp3) is 0.923. The topological polar surface area (TPSA) is 64.3 Å². The highest BCUT2D eigenvalue weighted by atomic mass is 16.6. The molecule has 17 heavy (non-hydrogen) atoms. The number of nitrogens with one attached hydrogen (secondary N) is 1. The van der Waals surface area contributed by atoms with Crippen LogP contribution >= 0.6 is 0 Å². The van der Waals surface area contributed by atoms with Crippen LogP contribution in [0.4, 0.5) is 4.79 Å². The van der Waals surface area contributed by atoms with E-state index in [9.17, 15) is 4.79 Å². The third-order valence-corrected chi connectivity index (χ3v) is 3.30. The average molecular weight is 242 g/mol. The van der Waals surface area contributed by atoms with Crippen LogP contribution in [0.25, 0.3) is 0 Å². The van der Waals surface area contributed by atoms with Gasteiger partial charge in [-0.15, -0.1) is 0 Å². The van der Waals surface area contributed by atoms with Crippen molar-refractivity contribution in [1.29, 1.82) is 0 Å². The van der Waals surface area contributed by atoms with Crippen LogP contribution in [0.15, 0.2) is 0 Å². The number of hydrogen-bond donors (Lipinski definition) is 2. The molecule has 0 aromatic carbocycles. The largest absolute Gasteiger partial charge is 0.444 e. The first kappa shape index (κ1) is 14.3. The molecule has 1 aliphatic carbocycles. The lowest BCUT2D eigenvalue weighted by atomic mass is 9.88. The van der Waals surface area contributed by atoms with Crippen LogP contribution in [0.1, 0.15) is 47.5 Å². The van der Waals surface area contributed by atoms with Gasteiger partial charge in [-0.3, -0.25) is 0 Å². The zero-order valence-electron chi connectivity index (χ0n) is 11.7. The van der Waals surface area contributed by atoms with Crippen LogP contribution in [-0.4, -0.2) is 24.3 Å². The molecule has 1 fully saturated rings. The van der Waals surface area contributed by atoms with E-state index in [1.165, 1.54) is 0 Å². The minimum Gasteiger partial charge on any atom is -0.444 e. The Morgan fingerprint density at radius 3 is 2.29 bits per heavy atom. The Morgan fingerprint density at radius 2 is 1.94 bits per heavy atom. The fourth-order valence-corrected chi connectivity index (χ4v) is 2.06. The van der Waals surface area contributed by atoms with E-state index in [-0.39, 0.29) is 17.6 Å². The van der Waals surface area contributed by atoms with Crippen molar-refractivity contribution in [2.45, 2.75) is 59.1 Å². The van der Waals surface area contributed by atoms with Crippen molar-refractivity contribution < 1.29 is 9.53 Å². The number of nitrogens with two attached hydrogens (primary N) is 1. The maximum atomic E-state index is 11.6. The number of alkyl carbamates (subject to hydrolysis) is 1. The summed E-state index contributed by atoms with van der Waals surface area (Å²) in [5.74, 6) is 0.443. The molecule has 0 aliphatic heterocycles. The first-order valence-electron chi connectivity index (χ1n) is 6.39. The standard InChI is InChI=1S/C13H26N2O2/c1-9(2)10(14)13(6-7-13)8-15-11(16)17-12(3,4)5/h9-10H,6-8,14H2,1-5H3,(H,15,16). The number of ether oxygens (including phenoxy) is 1. The molecule has 1 amide bonds. The molecule has 0 heterocycles. The molecule has 4 nitrogen and oxygen atoms in total. The monoisotopic (exact) mass is 242 g/mol. The highest BCUT2D eigenvalue weighted by molar-refractivity contribution is 5.67. The average Bonchev–Trinajstić information content (AvgIpc) is 2.91. The summed E-state index contributed by atoms with van der Waals surface area (Å²) in [5.41, 5.74) is 5.84. The molecule has 100 valence electrons. The van der Waals surface area contributed by atoms with Crippen molar-refractivity contribution in [3.8, 4) is 0 Å². The Hall–Kier alpha value is -0.770. The van der Waals surface area contributed by atoms with E-state index >= 15 is 0 Å². The normalized spacial score (nSPS) is 19.9. The number of hydrogen-bond acceptors (Lipinski definition) is 3. The predicted molar refractivity (Wildman–Crippen MR) is 68.7 cm³/mol. The van der Waals surface area contributed by atoms with Crippen molar-refractivity contribution in [1.82, 2.24) is 5.32 Å². The molecular weight excluding hydrogens is 216 g/mol. The van der Waals surface area contributed by atoms with Gasteiger partial charge in [0.1, 0.15) is 5.60 Å². The summed E-state index contributed by atoms with van der Waals surface area (Å²) >= 11 is 0. The molecule has 1 unspecified atom stereocenters. The first-order chi connectivity index (χ1) is 7.66. The van der Waals surface area contributed by atoms with E-state index in [0.29, 0.717) is 12.5 Å². The van der Waals surface area contributed by atoms with Gasteiger partial charge >= 0.3 is 6.09 Å². The lowest BCUT2D eigenvalue weighted by molar-refractivity contribution is 0.0511. The van der Waals surface area contributed by atoms with Gasteiger partial charge in [-0.05, 0) is 39.5 Å². The maximum absolute atomic E-state index is 11.6. The molecule has 0 bridgehead atoms. The van der Waals surface area contributed by atoms with Crippen LogP contribution in [0, 0.1) is 11.3 Å². The van der Waals surface area contributed by atoms with Crippen LogP contribution in [0.2, 0.25) is 0 Å². The Kier molecular flexibility index (Phi) is 4.07. The molecule has 0 saturated heterocycles. The highest BCUT2D eigenvalue weighted by Gasteiger charge is 2.48. The van der Waals surface area contributed by atoms with Crippen molar-refractivity contribution in [3.63, 3.8) is 0 Å². The molecule has 0 aromatic heterocycles. The highest BCUT2D eigenvalue weighted by Crippen LogP contribution is 2.49. The fourth-order valence-electron chi connectivity index (χ4n) is 2.06. The van der Waals surface area contributed by atoms with Crippen molar-refractivity contribution >= 4 is 6.09 Å². The van der Waals surface area contributed by atoms with Crippen LogP contribution in [-0.2, 0) is 4.74 Å². The second-order valence-electron chi connectivity index (χ2n) is 6.49. The Balaban J connectivity index is 2.38. The van der Waals surface area contributed by atoms with E-state index in [0.717, 1.165) is 12.8 Å². The Morgan fingerprint density at radius 1 is 1.41 bits per heavy atom. The maximum Gasteiger partial charge on any atom is 0.407 e. The number of carbonyl (C=O) groups is 1. The SMILES string of the molecule is CC(C)C(N)C1(CNC(=O)OC(C)(C)C)CC1. The molecule has 1 atom stereocenters. The molecule has 0 aromatic rings.